The third-order valence-corrected chi connectivity index (χ3v) is 1.56. The number of unbranched alkanes of at least 4 members (excludes halogenated alkanes) is 3. The van der Waals surface area contributed by atoms with Crippen molar-refractivity contribution in [2.45, 2.75) is 46.0 Å². The fourth-order valence-corrected chi connectivity index (χ4v) is 0.838. The molecule has 14 heavy (non-hydrogen) atoms. The molecule has 0 aromatic heterocycles. The van der Waals surface area contributed by atoms with E-state index in [4.69, 9.17) is 0 Å². The van der Waals surface area contributed by atoms with Crippen molar-refractivity contribution >= 4 is 23.1 Å². The Hall–Kier alpha value is 0.826. The van der Waals surface area contributed by atoms with Crippen LogP contribution in [0.25, 0.3) is 0 Å². The van der Waals surface area contributed by atoms with Crippen LogP contribution in [-0.4, -0.2) is 23.1 Å². The maximum atomic E-state index is 2.25. The Morgan fingerprint density at radius 3 is 1.71 bits per heavy atom. The molecule has 3 heteroatoms. The first kappa shape index (κ1) is 24.2. The number of halogens is 2. The van der Waals surface area contributed by atoms with Crippen LogP contribution in [0.4, 0.5) is 0 Å². The smallest absolute Gasteiger partial charge is 1.00 e. The van der Waals surface area contributed by atoms with Crippen LogP contribution < -0.4 is 24.8 Å². The summed E-state index contributed by atoms with van der Waals surface area (Å²) in [6.07, 6.45) is 15.1. The van der Waals surface area contributed by atoms with E-state index in [0.717, 1.165) is 0 Å². The second kappa shape index (κ2) is 23.6. The molecule has 0 aliphatic rings. The minimum absolute atomic E-state index is 0. The third-order valence-electron chi connectivity index (χ3n) is 1.56. The SMILES string of the molecule is CCC/C=C/C=C\CCCC.[Cl-].[Cl-].[Mg+2]. The van der Waals surface area contributed by atoms with E-state index in [-0.39, 0.29) is 47.9 Å². The second-order valence-corrected chi connectivity index (χ2v) is 2.79. The quantitative estimate of drug-likeness (QED) is 0.282. The third kappa shape index (κ3) is 23.0. The molecule has 0 bridgehead atoms. The Morgan fingerprint density at radius 2 is 1.29 bits per heavy atom. The molecule has 0 aliphatic heterocycles. The Balaban J connectivity index is -0.000000167. The zero-order valence-electron chi connectivity index (χ0n) is 9.31. The van der Waals surface area contributed by atoms with E-state index in [1.165, 1.54) is 32.1 Å². The van der Waals surface area contributed by atoms with Crippen molar-refractivity contribution in [3.8, 4) is 0 Å². The van der Waals surface area contributed by atoms with E-state index in [2.05, 4.69) is 38.2 Å². The van der Waals surface area contributed by atoms with Gasteiger partial charge < -0.3 is 24.8 Å². The zero-order chi connectivity index (χ0) is 8.36. The van der Waals surface area contributed by atoms with Gasteiger partial charge in [-0.25, -0.2) is 0 Å². The van der Waals surface area contributed by atoms with E-state index in [0.29, 0.717) is 0 Å². The van der Waals surface area contributed by atoms with Gasteiger partial charge in [0, 0.05) is 0 Å². The van der Waals surface area contributed by atoms with E-state index < -0.39 is 0 Å². The molecule has 0 saturated carbocycles. The summed E-state index contributed by atoms with van der Waals surface area (Å²) in [7, 11) is 0. The predicted octanol–water partition coefficient (Wildman–Crippen LogP) is -2.28. The van der Waals surface area contributed by atoms with Crippen LogP contribution in [0.2, 0.25) is 0 Å². The maximum absolute atomic E-state index is 2.25. The molecule has 0 amide bonds. The minimum Gasteiger partial charge on any atom is -1.00 e. The van der Waals surface area contributed by atoms with Crippen LogP contribution in [0.3, 0.4) is 0 Å². The number of hydrogen-bond donors (Lipinski definition) is 0. The van der Waals surface area contributed by atoms with Gasteiger partial charge in [-0.1, -0.05) is 57.4 Å². The van der Waals surface area contributed by atoms with Crippen LogP contribution >= 0.6 is 0 Å². The summed E-state index contributed by atoms with van der Waals surface area (Å²) in [4.78, 5) is 0. The first-order chi connectivity index (χ1) is 5.41. The molecule has 0 spiro atoms. The first-order valence-electron chi connectivity index (χ1n) is 4.73. The summed E-state index contributed by atoms with van der Waals surface area (Å²) in [5, 5.41) is 0. The van der Waals surface area contributed by atoms with Gasteiger partial charge in [-0.15, -0.1) is 0 Å². The van der Waals surface area contributed by atoms with Crippen molar-refractivity contribution in [1.82, 2.24) is 0 Å². The van der Waals surface area contributed by atoms with Crippen molar-refractivity contribution in [3.63, 3.8) is 0 Å². The first-order valence-corrected chi connectivity index (χ1v) is 4.73. The van der Waals surface area contributed by atoms with Crippen LogP contribution in [0.1, 0.15) is 46.0 Å². The van der Waals surface area contributed by atoms with E-state index in [9.17, 15) is 0 Å². The van der Waals surface area contributed by atoms with Crippen LogP contribution in [0.15, 0.2) is 24.3 Å². The standard InChI is InChI=1S/C11H20.2ClH.Mg/c1-3-5-7-9-11-10-8-6-4-2;;;/h7,9-11H,3-6,8H2,1-2H3;2*1H;/q;;;+2/p-2/b9-7+,11-10-;;;. The second-order valence-electron chi connectivity index (χ2n) is 2.79. The number of rotatable bonds is 6. The van der Waals surface area contributed by atoms with Gasteiger partial charge in [0.05, 0.1) is 0 Å². The average molecular weight is 247 g/mol. The molecular weight excluding hydrogens is 227 g/mol. The van der Waals surface area contributed by atoms with Crippen molar-refractivity contribution in [2.75, 3.05) is 0 Å². The average Bonchev–Trinajstić information content (AvgIpc) is 2.03. The summed E-state index contributed by atoms with van der Waals surface area (Å²) in [6, 6.07) is 0. The van der Waals surface area contributed by atoms with Gasteiger partial charge in [0.1, 0.15) is 0 Å². The molecule has 80 valence electrons. The normalized spacial score (nSPS) is 9.29. The van der Waals surface area contributed by atoms with E-state index in [1.54, 1.807) is 0 Å². The van der Waals surface area contributed by atoms with Crippen molar-refractivity contribution in [1.29, 1.82) is 0 Å². The maximum Gasteiger partial charge on any atom is 2.00 e. The molecule has 0 nitrogen and oxygen atoms in total. The molecule has 0 saturated heterocycles. The Kier molecular flexibility index (Phi) is 40.7. The molecule has 0 unspecified atom stereocenters. The number of hydrogen-bond acceptors (Lipinski definition) is 0. The van der Waals surface area contributed by atoms with Crippen LogP contribution in [0, 0.1) is 0 Å². The molecule has 0 aromatic carbocycles. The molecule has 0 fully saturated rings. The van der Waals surface area contributed by atoms with Crippen LogP contribution in [-0.2, 0) is 0 Å². The van der Waals surface area contributed by atoms with Gasteiger partial charge in [-0.2, -0.15) is 0 Å². The fourth-order valence-electron chi connectivity index (χ4n) is 0.838. The molecule has 0 rings (SSSR count). The van der Waals surface area contributed by atoms with Gasteiger partial charge in [0.2, 0.25) is 0 Å². The fraction of sp³-hybridized carbons (Fsp3) is 0.636. The molecule has 0 atom stereocenters. The molecule has 0 heterocycles. The van der Waals surface area contributed by atoms with Gasteiger partial charge in [-0.05, 0) is 12.8 Å². The molecule has 0 radical (unpaired) electrons. The molecular formula is C11H20Cl2Mg. The molecule has 0 aromatic rings. The Morgan fingerprint density at radius 1 is 0.786 bits per heavy atom. The summed E-state index contributed by atoms with van der Waals surface area (Å²) in [5.41, 5.74) is 0. The van der Waals surface area contributed by atoms with Gasteiger partial charge >= 0.3 is 23.1 Å². The molecule has 0 N–H and O–H groups in total. The van der Waals surface area contributed by atoms with Gasteiger partial charge in [0.15, 0.2) is 0 Å². The topological polar surface area (TPSA) is 0 Å². The largest absolute Gasteiger partial charge is 2.00 e. The monoisotopic (exact) mass is 246 g/mol. The van der Waals surface area contributed by atoms with Gasteiger partial charge in [-0.3, -0.25) is 0 Å². The van der Waals surface area contributed by atoms with Crippen molar-refractivity contribution in [2.24, 2.45) is 0 Å². The Bertz CT molecular complexity index is 122. The minimum atomic E-state index is 0. The Labute approximate surface area is 118 Å². The van der Waals surface area contributed by atoms with Crippen molar-refractivity contribution in [3.05, 3.63) is 24.3 Å². The molecule has 0 aliphatic carbocycles. The van der Waals surface area contributed by atoms with E-state index >= 15 is 0 Å². The summed E-state index contributed by atoms with van der Waals surface area (Å²) in [6.45, 7) is 4.42. The predicted molar refractivity (Wildman–Crippen MR) is 58.5 cm³/mol. The summed E-state index contributed by atoms with van der Waals surface area (Å²) >= 11 is 0. The van der Waals surface area contributed by atoms with Crippen LogP contribution in [0.5, 0.6) is 0 Å². The van der Waals surface area contributed by atoms with Gasteiger partial charge in [0.25, 0.3) is 0 Å². The zero-order valence-corrected chi connectivity index (χ0v) is 12.2. The summed E-state index contributed by atoms with van der Waals surface area (Å²) in [5.74, 6) is 0. The number of allylic oxidation sites excluding steroid dienone is 4. The van der Waals surface area contributed by atoms with E-state index in [1.807, 2.05) is 0 Å². The van der Waals surface area contributed by atoms with Crippen molar-refractivity contribution < 1.29 is 24.8 Å². The summed E-state index contributed by atoms with van der Waals surface area (Å²) < 4.78 is 0.